The maximum atomic E-state index is 12.6. The SMILES string of the molecule is CCN(CC)C(=O)Nn1cc2c3c(cc(N)cc31)[C@H]1CCCN(C)[C@@H]1C2. The quantitative estimate of drug-likeness (QED) is 0.832. The van der Waals surface area contributed by atoms with Crippen LogP contribution in [-0.4, -0.2) is 53.2 Å². The summed E-state index contributed by atoms with van der Waals surface area (Å²) in [7, 11) is 2.23. The molecule has 2 amide bonds. The van der Waals surface area contributed by atoms with Gasteiger partial charge in [-0.25, -0.2) is 10.2 Å². The first-order chi connectivity index (χ1) is 12.5. The zero-order valence-corrected chi connectivity index (χ0v) is 16.0. The van der Waals surface area contributed by atoms with Crippen molar-refractivity contribution in [1.29, 1.82) is 0 Å². The lowest BCUT2D eigenvalue weighted by atomic mass is 9.75. The van der Waals surface area contributed by atoms with Crippen LogP contribution >= 0.6 is 0 Å². The molecule has 2 atom stereocenters. The number of fused-ring (bicyclic) bond motifs is 2. The number of urea groups is 1. The largest absolute Gasteiger partial charge is 0.399 e. The van der Waals surface area contributed by atoms with Gasteiger partial charge in [-0.15, -0.1) is 0 Å². The Balaban J connectivity index is 1.79. The summed E-state index contributed by atoms with van der Waals surface area (Å²) in [6.45, 7) is 6.52. The van der Waals surface area contributed by atoms with E-state index in [-0.39, 0.29) is 6.03 Å². The second-order valence-corrected chi connectivity index (χ2v) is 7.62. The fourth-order valence-corrected chi connectivity index (χ4v) is 4.84. The summed E-state index contributed by atoms with van der Waals surface area (Å²) in [4.78, 5) is 16.8. The molecule has 0 unspecified atom stereocenters. The number of rotatable bonds is 3. The summed E-state index contributed by atoms with van der Waals surface area (Å²) in [5.41, 5.74) is 13.8. The Morgan fingerprint density at radius 2 is 2.12 bits per heavy atom. The molecule has 2 heterocycles. The minimum atomic E-state index is -0.0730. The molecule has 2 aliphatic rings. The van der Waals surface area contributed by atoms with Gasteiger partial charge in [0.15, 0.2) is 0 Å². The minimum Gasteiger partial charge on any atom is -0.399 e. The van der Waals surface area contributed by atoms with Gasteiger partial charge in [0.1, 0.15) is 0 Å². The van der Waals surface area contributed by atoms with E-state index in [1.807, 2.05) is 24.6 Å². The van der Waals surface area contributed by atoms with Crippen molar-refractivity contribution in [2.24, 2.45) is 0 Å². The van der Waals surface area contributed by atoms with Gasteiger partial charge in [0, 0.05) is 42.3 Å². The number of aromatic nitrogens is 1. The highest BCUT2D eigenvalue weighted by Crippen LogP contribution is 2.44. The molecule has 0 spiro atoms. The predicted octanol–water partition coefficient (Wildman–Crippen LogP) is 2.96. The number of nitrogens with one attached hydrogen (secondary N) is 1. The highest BCUT2D eigenvalue weighted by atomic mass is 16.2. The molecule has 2 aromatic rings. The molecule has 1 aliphatic heterocycles. The molecular weight excluding hydrogens is 326 g/mol. The van der Waals surface area contributed by atoms with Crippen LogP contribution in [0.15, 0.2) is 18.3 Å². The fourth-order valence-electron chi connectivity index (χ4n) is 4.84. The Labute approximate surface area is 154 Å². The summed E-state index contributed by atoms with van der Waals surface area (Å²) in [5, 5.41) is 1.29. The second kappa shape index (κ2) is 6.50. The highest BCUT2D eigenvalue weighted by molar-refractivity contribution is 5.94. The van der Waals surface area contributed by atoms with Crippen molar-refractivity contribution in [3.63, 3.8) is 0 Å². The molecule has 1 aromatic heterocycles. The van der Waals surface area contributed by atoms with Crippen LogP contribution in [0.25, 0.3) is 10.9 Å². The molecule has 6 nitrogen and oxygen atoms in total. The summed E-state index contributed by atoms with van der Waals surface area (Å²) in [6, 6.07) is 4.59. The summed E-state index contributed by atoms with van der Waals surface area (Å²) < 4.78 is 1.88. The number of benzene rings is 1. The minimum absolute atomic E-state index is 0.0730. The van der Waals surface area contributed by atoms with Crippen molar-refractivity contribution >= 4 is 22.6 Å². The Morgan fingerprint density at radius 3 is 2.85 bits per heavy atom. The van der Waals surface area contributed by atoms with Crippen LogP contribution in [0.5, 0.6) is 0 Å². The van der Waals surface area contributed by atoms with Gasteiger partial charge in [0.2, 0.25) is 0 Å². The van der Waals surface area contributed by atoms with Crippen molar-refractivity contribution in [3.05, 3.63) is 29.5 Å². The fraction of sp³-hybridized carbons (Fsp3) is 0.550. The third kappa shape index (κ3) is 2.63. The number of likely N-dealkylation sites (N-methyl/N-ethyl adjacent to an activating group) is 1. The molecule has 1 saturated heterocycles. The van der Waals surface area contributed by atoms with Crippen molar-refractivity contribution in [3.8, 4) is 0 Å². The molecule has 0 radical (unpaired) electrons. The van der Waals surface area contributed by atoms with Gasteiger partial charge in [-0.05, 0) is 70.0 Å². The first-order valence-corrected chi connectivity index (χ1v) is 9.73. The summed E-state index contributed by atoms with van der Waals surface area (Å²) in [5.74, 6) is 0.529. The van der Waals surface area contributed by atoms with Gasteiger partial charge in [-0.1, -0.05) is 0 Å². The lowest BCUT2D eigenvalue weighted by Gasteiger charge is -2.42. The van der Waals surface area contributed by atoms with E-state index in [9.17, 15) is 4.79 Å². The Hall–Kier alpha value is -2.21. The average Bonchev–Trinajstić information content (AvgIpc) is 2.95. The maximum Gasteiger partial charge on any atom is 0.336 e. The Bertz CT molecular complexity index is 838. The number of hydrogen-bond donors (Lipinski definition) is 2. The van der Waals surface area contributed by atoms with E-state index >= 15 is 0 Å². The first-order valence-electron chi connectivity index (χ1n) is 9.73. The van der Waals surface area contributed by atoms with Crippen LogP contribution in [0.2, 0.25) is 0 Å². The van der Waals surface area contributed by atoms with Gasteiger partial charge in [0.05, 0.1) is 5.52 Å². The van der Waals surface area contributed by atoms with Crippen LogP contribution in [0, 0.1) is 0 Å². The Morgan fingerprint density at radius 1 is 1.35 bits per heavy atom. The topological polar surface area (TPSA) is 66.5 Å². The second-order valence-electron chi connectivity index (χ2n) is 7.62. The monoisotopic (exact) mass is 355 g/mol. The highest BCUT2D eigenvalue weighted by Gasteiger charge is 2.36. The zero-order valence-electron chi connectivity index (χ0n) is 16.0. The zero-order chi connectivity index (χ0) is 18.4. The molecule has 3 N–H and O–H groups in total. The molecule has 1 aromatic carbocycles. The molecule has 0 saturated carbocycles. The number of carbonyl (C=O) groups excluding carboxylic acids is 1. The number of nitrogens with two attached hydrogens (primary N) is 1. The van der Waals surface area contributed by atoms with Crippen molar-refractivity contribution in [1.82, 2.24) is 14.5 Å². The average molecular weight is 355 g/mol. The van der Waals surface area contributed by atoms with Gasteiger partial charge < -0.3 is 15.5 Å². The number of hydrogen-bond acceptors (Lipinski definition) is 3. The van der Waals surface area contributed by atoms with E-state index in [0.717, 1.165) is 24.2 Å². The normalized spacial score (nSPS) is 22.3. The van der Waals surface area contributed by atoms with E-state index in [1.54, 1.807) is 4.90 Å². The third-order valence-corrected chi connectivity index (χ3v) is 6.19. The van der Waals surface area contributed by atoms with Crippen LogP contribution in [-0.2, 0) is 6.42 Å². The molecule has 140 valence electrons. The van der Waals surface area contributed by atoms with Crippen LogP contribution in [0.1, 0.15) is 43.7 Å². The van der Waals surface area contributed by atoms with E-state index < -0.39 is 0 Å². The number of carbonyl (C=O) groups is 1. The maximum absolute atomic E-state index is 12.6. The van der Waals surface area contributed by atoms with Crippen molar-refractivity contribution < 1.29 is 4.79 Å². The lowest BCUT2D eigenvalue weighted by Crippen LogP contribution is -2.44. The van der Waals surface area contributed by atoms with E-state index in [1.165, 1.54) is 29.4 Å². The van der Waals surface area contributed by atoms with Crippen molar-refractivity contribution in [2.45, 2.75) is 45.1 Å². The van der Waals surface area contributed by atoms with E-state index in [0.29, 0.717) is 25.0 Å². The number of amides is 2. The van der Waals surface area contributed by atoms with Gasteiger partial charge in [-0.2, -0.15) is 0 Å². The molecule has 26 heavy (non-hydrogen) atoms. The summed E-state index contributed by atoms with van der Waals surface area (Å²) in [6.07, 6.45) is 5.56. The smallest absolute Gasteiger partial charge is 0.336 e. The number of nitrogens with zero attached hydrogens (tertiary/aromatic N) is 3. The van der Waals surface area contributed by atoms with Crippen LogP contribution in [0.4, 0.5) is 10.5 Å². The molecule has 4 rings (SSSR count). The first kappa shape index (κ1) is 17.2. The Kier molecular flexibility index (Phi) is 4.31. The van der Waals surface area contributed by atoms with E-state index in [4.69, 9.17) is 5.73 Å². The van der Waals surface area contributed by atoms with Gasteiger partial charge in [0.25, 0.3) is 0 Å². The van der Waals surface area contributed by atoms with Crippen LogP contribution in [0.3, 0.4) is 0 Å². The standard InChI is InChI=1S/C20H29N5O/c1-4-24(5-2)20(26)22-25-12-13-9-17-15(7-6-8-23(17)3)16-10-14(21)11-18(25)19(13)16/h10-12,15,17H,4-9,21H2,1-3H3,(H,22,26)/t15-,17-/m1/s1. The van der Waals surface area contributed by atoms with Crippen molar-refractivity contribution in [2.75, 3.05) is 37.8 Å². The number of nitrogen functional groups attached to an aromatic ring is 1. The third-order valence-electron chi connectivity index (χ3n) is 6.19. The predicted molar refractivity (Wildman–Crippen MR) is 106 cm³/mol. The summed E-state index contributed by atoms with van der Waals surface area (Å²) >= 11 is 0. The molecular formula is C20H29N5O. The van der Waals surface area contributed by atoms with Gasteiger partial charge >= 0.3 is 6.03 Å². The molecule has 1 aliphatic carbocycles. The number of likely N-dealkylation sites (tertiary alicyclic amines) is 1. The number of anilines is 1. The lowest BCUT2D eigenvalue weighted by molar-refractivity contribution is 0.157. The number of piperidine rings is 1. The van der Waals surface area contributed by atoms with Gasteiger partial charge in [-0.3, -0.25) is 4.68 Å². The molecule has 6 heteroatoms. The van der Waals surface area contributed by atoms with E-state index in [2.05, 4.69) is 29.6 Å². The van der Waals surface area contributed by atoms with Crippen LogP contribution < -0.4 is 11.2 Å². The molecule has 1 fully saturated rings. The molecule has 0 bridgehead atoms.